The van der Waals surface area contributed by atoms with Crippen LogP contribution in [-0.4, -0.2) is 49.3 Å². The van der Waals surface area contributed by atoms with E-state index >= 15 is 0 Å². The van der Waals surface area contributed by atoms with Gasteiger partial charge in [0.25, 0.3) is 0 Å². The Balaban J connectivity index is 1.51. The standard InChI is InChI=1S/C13H24N2O/c1-16-13-7-12(8-13)15(11-4-5-11)9-10-3-2-6-14-10/h10-14H,2-9H2,1H3. The Labute approximate surface area is 98.5 Å². The van der Waals surface area contributed by atoms with Crippen LogP contribution in [0.15, 0.2) is 0 Å². The van der Waals surface area contributed by atoms with E-state index in [9.17, 15) is 0 Å². The summed E-state index contributed by atoms with van der Waals surface area (Å²) >= 11 is 0. The van der Waals surface area contributed by atoms with Crippen LogP contribution in [-0.2, 0) is 4.74 Å². The van der Waals surface area contributed by atoms with Crippen molar-refractivity contribution in [3.8, 4) is 0 Å². The second kappa shape index (κ2) is 4.63. The summed E-state index contributed by atoms with van der Waals surface area (Å²) < 4.78 is 5.39. The Morgan fingerprint density at radius 3 is 2.56 bits per heavy atom. The molecule has 3 nitrogen and oxygen atoms in total. The zero-order valence-electron chi connectivity index (χ0n) is 10.3. The molecule has 2 saturated carbocycles. The summed E-state index contributed by atoms with van der Waals surface area (Å²) in [6.07, 6.45) is 8.68. The van der Waals surface area contributed by atoms with E-state index in [0.717, 1.165) is 18.1 Å². The van der Waals surface area contributed by atoms with Crippen LogP contribution in [0.1, 0.15) is 38.5 Å². The largest absolute Gasteiger partial charge is 0.381 e. The van der Waals surface area contributed by atoms with Gasteiger partial charge in [0.1, 0.15) is 0 Å². The van der Waals surface area contributed by atoms with E-state index in [1.807, 2.05) is 7.11 Å². The van der Waals surface area contributed by atoms with E-state index in [4.69, 9.17) is 4.74 Å². The first kappa shape index (κ1) is 11.0. The van der Waals surface area contributed by atoms with Crippen molar-refractivity contribution in [3.63, 3.8) is 0 Å². The molecule has 2 aliphatic carbocycles. The lowest BCUT2D eigenvalue weighted by Gasteiger charge is -2.43. The fourth-order valence-electron chi connectivity index (χ4n) is 3.17. The monoisotopic (exact) mass is 224 g/mol. The summed E-state index contributed by atoms with van der Waals surface area (Å²) in [7, 11) is 1.85. The molecule has 3 fully saturated rings. The number of hydrogen-bond donors (Lipinski definition) is 1. The van der Waals surface area contributed by atoms with Crippen LogP contribution in [0.25, 0.3) is 0 Å². The highest BCUT2D eigenvalue weighted by Crippen LogP contribution is 2.36. The van der Waals surface area contributed by atoms with Gasteiger partial charge in [-0.25, -0.2) is 0 Å². The van der Waals surface area contributed by atoms with E-state index in [-0.39, 0.29) is 0 Å². The van der Waals surface area contributed by atoms with Gasteiger partial charge in [0.15, 0.2) is 0 Å². The van der Waals surface area contributed by atoms with Crippen LogP contribution in [0.4, 0.5) is 0 Å². The highest BCUT2D eigenvalue weighted by atomic mass is 16.5. The number of nitrogens with one attached hydrogen (secondary N) is 1. The molecule has 0 spiro atoms. The highest BCUT2D eigenvalue weighted by molar-refractivity contribution is 4.97. The van der Waals surface area contributed by atoms with Gasteiger partial charge in [0.2, 0.25) is 0 Å². The lowest BCUT2D eigenvalue weighted by Crippen LogP contribution is -2.52. The topological polar surface area (TPSA) is 24.5 Å². The minimum Gasteiger partial charge on any atom is -0.381 e. The molecule has 0 aromatic heterocycles. The van der Waals surface area contributed by atoms with Gasteiger partial charge in [-0.2, -0.15) is 0 Å². The van der Waals surface area contributed by atoms with Gasteiger partial charge < -0.3 is 10.1 Å². The first-order valence-corrected chi connectivity index (χ1v) is 6.88. The first-order valence-electron chi connectivity index (χ1n) is 6.88. The molecule has 3 heteroatoms. The summed E-state index contributed by atoms with van der Waals surface area (Å²) in [5.41, 5.74) is 0. The van der Waals surface area contributed by atoms with Gasteiger partial charge in [-0.15, -0.1) is 0 Å². The number of hydrogen-bond acceptors (Lipinski definition) is 3. The molecule has 0 radical (unpaired) electrons. The third-order valence-electron chi connectivity index (χ3n) is 4.48. The van der Waals surface area contributed by atoms with E-state index in [0.29, 0.717) is 6.10 Å². The SMILES string of the molecule is COC1CC(N(CC2CCCN2)C2CC2)C1. The minimum atomic E-state index is 0.544. The summed E-state index contributed by atoms with van der Waals surface area (Å²) in [4.78, 5) is 2.78. The summed E-state index contributed by atoms with van der Waals surface area (Å²) in [6, 6.07) is 2.49. The average molecular weight is 224 g/mol. The zero-order valence-corrected chi connectivity index (χ0v) is 10.3. The van der Waals surface area contributed by atoms with Crippen LogP contribution in [0, 0.1) is 0 Å². The predicted octanol–water partition coefficient (Wildman–Crippen LogP) is 1.38. The minimum absolute atomic E-state index is 0.544. The maximum Gasteiger partial charge on any atom is 0.0601 e. The molecule has 16 heavy (non-hydrogen) atoms. The molecular weight excluding hydrogens is 200 g/mol. The molecule has 0 amide bonds. The first-order chi connectivity index (χ1) is 7.86. The Kier molecular flexibility index (Phi) is 3.18. The van der Waals surface area contributed by atoms with Gasteiger partial charge in [-0.05, 0) is 45.1 Å². The van der Waals surface area contributed by atoms with E-state index in [1.54, 1.807) is 0 Å². The molecule has 1 N–H and O–H groups in total. The summed E-state index contributed by atoms with van der Waals surface area (Å²) in [5.74, 6) is 0. The second-order valence-electron chi connectivity index (χ2n) is 5.70. The maximum atomic E-state index is 5.39. The number of ether oxygens (including phenoxy) is 1. The molecule has 0 bridgehead atoms. The molecular formula is C13H24N2O. The van der Waals surface area contributed by atoms with E-state index in [2.05, 4.69) is 10.2 Å². The fraction of sp³-hybridized carbons (Fsp3) is 1.00. The van der Waals surface area contributed by atoms with Gasteiger partial charge >= 0.3 is 0 Å². The Morgan fingerprint density at radius 2 is 2.00 bits per heavy atom. The van der Waals surface area contributed by atoms with Gasteiger partial charge in [0, 0.05) is 31.8 Å². The molecule has 92 valence electrons. The average Bonchev–Trinajstić information content (AvgIpc) is 2.94. The number of methoxy groups -OCH3 is 1. The molecule has 0 aromatic carbocycles. The van der Waals surface area contributed by atoms with Gasteiger partial charge in [-0.1, -0.05) is 0 Å². The van der Waals surface area contributed by atoms with Crippen LogP contribution < -0.4 is 5.32 Å². The molecule has 1 saturated heterocycles. The molecule has 1 heterocycles. The van der Waals surface area contributed by atoms with Crippen LogP contribution >= 0.6 is 0 Å². The quantitative estimate of drug-likeness (QED) is 0.763. The van der Waals surface area contributed by atoms with Crippen molar-refractivity contribution in [2.24, 2.45) is 0 Å². The van der Waals surface area contributed by atoms with Crippen LogP contribution in [0.5, 0.6) is 0 Å². The van der Waals surface area contributed by atoms with Crippen molar-refractivity contribution in [3.05, 3.63) is 0 Å². The molecule has 1 atom stereocenters. The van der Waals surface area contributed by atoms with Crippen molar-refractivity contribution < 1.29 is 4.74 Å². The summed E-state index contributed by atoms with van der Waals surface area (Å²) in [6.45, 7) is 2.51. The second-order valence-corrected chi connectivity index (χ2v) is 5.70. The number of nitrogens with zero attached hydrogens (tertiary/aromatic N) is 1. The van der Waals surface area contributed by atoms with Crippen molar-refractivity contribution in [1.82, 2.24) is 10.2 Å². The third kappa shape index (κ3) is 2.27. The lowest BCUT2D eigenvalue weighted by atomic mass is 9.87. The Morgan fingerprint density at radius 1 is 1.19 bits per heavy atom. The number of rotatable bonds is 5. The van der Waals surface area contributed by atoms with Crippen molar-refractivity contribution in [1.29, 1.82) is 0 Å². The third-order valence-corrected chi connectivity index (χ3v) is 4.48. The van der Waals surface area contributed by atoms with Gasteiger partial charge in [-0.3, -0.25) is 4.90 Å². The maximum absolute atomic E-state index is 5.39. The van der Waals surface area contributed by atoms with Crippen LogP contribution in [0.3, 0.4) is 0 Å². The predicted molar refractivity (Wildman–Crippen MR) is 64.6 cm³/mol. The van der Waals surface area contributed by atoms with Crippen LogP contribution in [0.2, 0.25) is 0 Å². The van der Waals surface area contributed by atoms with E-state index < -0.39 is 0 Å². The molecule has 1 unspecified atom stereocenters. The molecule has 0 aromatic rings. The van der Waals surface area contributed by atoms with Crippen molar-refractivity contribution >= 4 is 0 Å². The Hall–Kier alpha value is -0.120. The molecule has 3 aliphatic rings. The van der Waals surface area contributed by atoms with Crippen molar-refractivity contribution in [2.75, 3.05) is 20.2 Å². The highest BCUT2D eigenvalue weighted by Gasteiger charge is 2.41. The zero-order chi connectivity index (χ0) is 11.0. The lowest BCUT2D eigenvalue weighted by molar-refractivity contribution is -0.0320. The Bertz CT molecular complexity index is 230. The fourth-order valence-corrected chi connectivity index (χ4v) is 3.17. The van der Waals surface area contributed by atoms with Gasteiger partial charge in [0.05, 0.1) is 6.10 Å². The molecule has 3 rings (SSSR count). The summed E-state index contributed by atoms with van der Waals surface area (Å²) in [5, 5.41) is 3.63. The van der Waals surface area contributed by atoms with E-state index in [1.165, 1.54) is 51.6 Å². The van der Waals surface area contributed by atoms with Crippen molar-refractivity contribution in [2.45, 2.75) is 62.8 Å². The smallest absolute Gasteiger partial charge is 0.0601 e. The normalized spacial score (nSPS) is 39.0. The molecule has 1 aliphatic heterocycles.